The van der Waals surface area contributed by atoms with Gasteiger partial charge in [-0.2, -0.15) is 21.6 Å². The summed E-state index contributed by atoms with van der Waals surface area (Å²) in [5.74, 6) is 1.12. The number of amides is 1. The molecule has 0 bridgehead atoms. The van der Waals surface area contributed by atoms with E-state index in [4.69, 9.17) is 8.92 Å². The number of rotatable bonds is 4. The Hall–Kier alpha value is -1.71. The second-order valence-electron chi connectivity index (χ2n) is 17.4. The van der Waals surface area contributed by atoms with Crippen molar-refractivity contribution in [1.82, 2.24) is 5.32 Å². The van der Waals surface area contributed by atoms with Crippen molar-refractivity contribution in [2.45, 2.75) is 137 Å². The molecule has 0 aromatic rings. The molecule has 4 fully saturated rings. The van der Waals surface area contributed by atoms with Crippen LogP contribution in [0.3, 0.4) is 0 Å². The minimum absolute atomic E-state index is 0.0179. The number of halogens is 3. The van der Waals surface area contributed by atoms with Crippen molar-refractivity contribution in [3.05, 3.63) is 24.0 Å². The van der Waals surface area contributed by atoms with E-state index in [1.54, 1.807) is 6.08 Å². The van der Waals surface area contributed by atoms with Crippen LogP contribution in [-0.2, 0) is 19.0 Å². The van der Waals surface area contributed by atoms with Crippen molar-refractivity contribution >= 4 is 16.2 Å². The van der Waals surface area contributed by atoms with Gasteiger partial charge in [0.2, 0.25) is 0 Å². The van der Waals surface area contributed by atoms with Gasteiger partial charge >= 0.3 is 21.7 Å². The van der Waals surface area contributed by atoms with Crippen LogP contribution in [0.4, 0.5) is 18.0 Å². The molecule has 5 aliphatic rings. The van der Waals surface area contributed by atoms with Crippen molar-refractivity contribution in [2.75, 3.05) is 0 Å². The van der Waals surface area contributed by atoms with Gasteiger partial charge < -0.3 is 14.2 Å². The summed E-state index contributed by atoms with van der Waals surface area (Å²) in [4.78, 5) is 13.2. The first-order valence-corrected chi connectivity index (χ1v) is 18.1. The molecule has 0 radical (unpaired) electrons. The highest BCUT2D eigenvalue weighted by Crippen LogP contribution is 2.76. The zero-order chi connectivity index (χ0) is 33.8. The minimum Gasteiger partial charge on any atom is -0.444 e. The van der Waals surface area contributed by atoms with E-state index in [2.05, 4.69) is 39.6 Å². The van der Waals surface area contributed by atoms with Gasteiger partial charge in [0.1, 0.15) is 11.4 Å². The minimum atomic E-state index is -5.75. The fourth-order valence-electron chi connectivity index (χ4n) is 11.8. The zero-order valence-corrected chi connectivity index (χ0v) is 29.4. The van der Waals surface area contributed by atoms with Gasteiger partial charge in [-0.3, -0.25) is 0 Å². The molecule has 4 saturated carbocycles. The van der Waals surface area contributed by atoms with Gasteiger partial charge in [-0.25, -0.2) is 4.79 Å². The van der Waals surface area contributed by atoms with Crippen LogP contribution in [0.1, 0.15) is 120 Å². The van der Waals surface area contributed by atoms with E-state index < -0.39 is 26.6 Å². The lowest BCUT2D eigenvalue weighted by Crippen LogP contribution is -2.68. The van der Waals surface area contributed by atoms with Crippen LogP contribution < -0.4 is 5.32 Å². The van der Waals surface area contributed by atoms with Crippen LogP contribution in [0.5, 0.6) is 0 Å². The molecule has 5 aliphatic carbocycles. The smallest absolute Gasteiger partial charge is 0.444 e. The lowest BCUT2D eigenvalue weighted by atomic mass is 9.33. The Kier molecular flexibility index (Phi) is 8.00. The van der Waals surface area contributed by atoms with Gasteiger partial charge in [-0.1, -0.05) is 46.8 Å². The van der Waals surface area contributed by atoms with Gasteiger partial charge in [0.15, 0.2) is 0 Å². The lowest BCUT2D eigenvalue weighted by Gasteiger charge is -2.72. The molecule has 6 nitrogen and oxygen atoms in total. The van der Waals surface area contributed by atoms with Crippen LogP contribution in [0.15, 0.2) is 24.0 Å². The molecule has 0 aromatic heterocycles. The molecular weight excluding hydrogens is 603 g/mol. The van der Waals surface area contributed by atoms with Crippen LogP contribution in [0, 0.1) is 51.2 Å². The van der Waals surface area contributed by atoms with Gasteiger partial charge in [0.05, 0.1) is 0 Å². The van der Waals surface area contributed by atoms with E-state index >= 15 is 0 Å². The highest BCUT2D eigenvalue weighted by Gasteiger charge is 2.71. The Balaban J connectivity index is 1.49. The van der Waals surface area contributed by atoms with Crippen LogP contribution in [-0.4, -0.2) is 31.2 Å². The number of alkyl carbamates (subject to hydrolysis) is 1. The summed E-state index contributed by atoms with van der Waals surface area (Å²) in [5.41, 5.74) is -6.40. The predicted molar refractivity (Wildman–Crippen MR) is 168 cm³/mol. The average Bonchev–Trinajstić information content (AvgIpc) is 3.24. The van der Waals surface area contributed by atoms with Crippen LogP contribution >= 0.6 is 0 Å². The molecule has 10 heteroatoms. The first kappa shape index (κ1) is 34.6. The van der Waals surface area contributed by atoms with Crippen LogP contribution in [0.25, 0.3) is 0 Å². The van der Waals surface area contributed by atoms with Gasteiger partial charge in [0, 0.05) is 11.0 Å². The fourth-order valence-corrected chi connectivity index (χ4v) is 12.4. The number of fused-ring (bicyclic) bond motifs is 7. The van der Waals surface area contributed by atoms with Gasteiger partial charge in [-0.15, -0.1) is 0 Å². The van der Waals surface area contributed by atoms with Crippen LogP contribution in [0.2, 0.25) is 0 Å². The number of allylic oxidation sites excluding steroid dienone is 3. The molecule has 45 heavy (non-hydrogen) atoms. The quantitative estimate of drug-likeness (QED) is 0.185. The molecule has 5 rings (SSSR count). The molecule has 0 saturated heterocycles. The monoisotopic (exact) mass is 657 g/mol. The number of carbonyl (C=O) groups is 1. The molecule has 9 atom stereocenters. The molecule has 0 aliphatic heterocycles. The molecule has 0 heterocycles. The maximum atomic E-state index is 13.3. The summed E-state index contributed by atoms with van der Waals surface area (Å²) in [7, 11) is -5.75. The number of ether oxygens (including phenoxy) is 1. The second kappa shape index (κ2) is 10.4. The summed E-state index contributed by atoms with van der Waals surface area (Å²) in [6.07, 6.45) is 9.16. The third-order valence-electron chi connectivity index (χ3n) is 13.8. The number of alkyl halides is 3. The normalized spacial score (nSPS) is 42.7. The van der Waals surface area contributed by atoms with E-state index in [1.807, 2.05) is 34.6 Å². The molecular formula is C35H54F3NO5S. The first-order chi connectivity index (χ1) is 20.3. The summed E-state index contributed by atoms with van der Waals surface area (Å²) >= 11 is 0. The molecule has 0 aromatic carbocycles. The van der Waals surface area contributed by atoms with Crippen molar-refractivity contribution in [3.63, 3.8) is 0 Å². The number of carbonyl (C=O) groups excluding carboxylic acids is 1. The number of hydrogen-bond donors (Lipinski definition) is 1. The second-order valence-corrected chi connectivity index (χ2v) is 19.0. The van der Waals surface area contributed by atoms with Crippen molar-refractivity contribution in [3.8, 4) is 0 Å². The average molecular weight is 658 g/mol. The fraction of sp³-hybridized carbons (Fsp3) is 0.857. The first-order valence-electron chi connectivity index (χ1n) is 16.7. The van der Waals surface area contributed by atoms with E-state index in [-0.39, 0.29) is 45.5 Å². The SMILES string of the molecule is C=C(C)[C@@H]1CCC2(NC(=O)OC(C)(C)C)CC[C@]3(C)[C@H](CC[C@@H]4[C@@]5(C)CC=C(OS(=O)(=O)C(F)(F)F)C(C)(C)[C@@H]5CC[C@]43C)[C@@H]12. The maximum Gasteiger partial charge on any atom is 0.534 e. The highest BCUT2D eigenvalue weighted by molar-refractivity contribution is 7.87. The molecule has 0 spiro atoms. The van der Waals surface area contributed by atoms with Gasteiger partial charge in [0.25, 0.3) is 0 Å². The predicted octanol–water partition coefficient (Wildman–Crippen LogP) is 9.28. The summed E-state index contributed by atoms with van der Waals surface area (Å²) in [6.45, 7) is 23.1. The van der Waals surface area contributed by atoms with E-state index in [0.717, 1.165) is 51.4 Å². The van der Waals surface area contributed by atoms with Crippen molar-refractivity contribution in [1.29, 1.82) is 0 Å². The Morgan fingerprint density at radius 3 is 2.16 bits per heavy atom. The number of hydrogen-bond acceptors (Lipinski definition) is 5. The summed E-state index contributed by atoms with van der Waals surface area (Å²) in [6, 6.07) is 0. The third kappa shape index (κ3) is 5.16. The summed E-state index contributed by atoms with van der Waals surface area (Å²) in [5, 5.41) is 3.41. The van der Waals surface area contributed by atoms with Crippen molar-refractivity contribution < 1.29 is 35.3 Å². The van der Waals surface area contributed by atoms with Gasteiger partial charge in [-0.05, 0) is 137 Å². The molecule has 1 amide bonds. The summed E-state index contributed by atoms with van der Waals surface area (Å²) < 4.78 is 74.5. The molecule has 1 N–H and O–H groups in total. The Morgan fingerprint density at radius 2 is 1.58 bits per heavy atom. The van der Waals surface area contributed by atoms with E-state index in [9.17, 15) is 26.4 Å². The number of nitrogens with one attached hydrogen (secondary N) is 1. The standard InChI is InChI=1S/C35H54F3NO5S/c1-21(2)22-13-18-34(39-28(40)43-29(3,4)5)20-19-32(9)23(27(22)34)11-12-25-31(8)16-15-26(44-45(41,42)35(36,37)38)30(6,7)24(31)14-17-33(25,32)10/h15,22-25,27H,1,11-14,16-20H2,2-10H3,(H,39,40)/t22-,23+,24-,25+,27+,31-,32+,33+,34?/m0/s1. The maximum absolute atomic E-state index is 13.3. The highest BCUT2D eigenvalue weighted by atomic mass is 32.2. The largest absolute Gasteiger partial charge is 0.534 e. The zero-order valence-electron chi connectivity index (χ0n) is 28.6. The third-order valence-corrected chi connectivity index (χ3v) is 14.8. The Labute approximate surface area is 268 Å². The lowest BCUT2D eigenvalue weighted by molar-refractivity contribution is -0.222. The van der Waals surface area contributed by atoms with E-state index in [0.29, 0.717) is 24.2 Å². The van der Waals surface area contributed by atoms with Crippen molar-refractivity contribution in [2.24, 2.45) is 51.2 Å². The molecule has 256 valence electrons. The Morgan fingerprint density at radius 1 is 0.933 bits per heavy atom. The molecule has 1 unspecified atom stereocenters. The van der Waals surface area contributed by atoms with E-state index in [1.165, 1.54) is 5.57 Å². The topological polar surface area (TPSA) is 81.7 Å². The Bertz CT molecular complexity index is 1380.